The van der Waals surface area contributed by atoms with Crippen molar-refractivity contribution in [1.29, 1.82) is 0 Å². The monoisotopic (exact) mass is 482 g/mol. The van der Waals surface area contributed by atoms with Crippen LogP contribution in [0.2, 0.25) is 0 Å². The smallest absolute Gasteiger partial charge is 0.264 e. The minimum absolute atomic E-state index is 0.0885. The zero-order valence-corrected chi connectivity index (χ0v) is 20.0. The molecule has 2 heterocycles. The van der Waals surface area contributed by atoms with Crippen molar-refractivity contribution in [2.75, 3.05) is 23.5 Å². The topological polar surface area (TPSA) is 130 Å². The molecule has 1 amide bonds. The van der Waals surface area contributed by atoms with Crippen LogP contribution < -0.4 is 10.6 Å². The van der Waals surface area contributed by atoms with Crippen LogP contribution in [0.3, 0.4) is 0 Å². The molecule has 1 unspecified atom stereocenters. The number of para-hydroxylation sites is 1. The molecule has 1 aliphatic rings. The first-order valence-electron chi connectivity index (χ1n) is 10.7. The Morgan fingerprint density at radius 2 is 1.94 bits per heavy atom. The lowest BCUT2D eigenvalue weighted by Crippen LogP contribution is -2.34. The highest BCUT2D eigenvalue weighted by atomic mass is 32.2. The molecule has 34 heavy (non-hydrogen) atoms. The number of hydrogen-bond donors (Lipinski definition) is 3. The van der Waals surface area contributed by atoms with Gasteiger partial charge in [0.05, 0.1) is 29.8 Å². The molecule has 0 spiro atoms. The standard InChI is InChI=1S/C24H26N4O5S/c1-15(29)26-20-11-16(9-10-25-20)22-23(27-17-7-5-4-6-8-17)21-18(28-22)12-24(2,13-19(21)30)14-33-34(3,31)32/h4-11,27-28H,12-14H2,1-3H3,(H,25,26,29). The van der Waals surface area contributed by atoms with Crippen LogP contribution in [0, 0.1) is 5.41 Å². The van der Waals surface area contributed by atoms with E-state index in [1.54, 1.807) is 18.3 Å². The number of amides is 1. The van der Waals surface area contributed by atoms with E-state index in [0.717, 1.165) is 17.5 Å². The summed E-state index contributed by atoms with van der Waals surface area (Å²) >= 11 is 0. The second kappa shape index (κ2) is 9.03. The molecular weight excluding hydrogens is 456 g/mol. The molecule has 1 atom stereocenters. The molecule has 4 rings (SSSR count). The Kier molecular flexibility index (Phi) is 6.28. The van der Waals surface area contributed by atoms with Gasteiger partial charge >= 0.3 is 0 Å². The number of carbonyl (C=O) groups excluding carboxylic acids is 2. The molecule has 9 nitrogen and oxygen atoms in total. The summed E-state index contributed by atoms with van der Waals surface area (Å²) in [6, 6.07) is 13.0. The number of benzene rings is 1. The van der Waals surface area contributed by atoms with Crippen LogP contribution in [0.5, 0.6) is 0 Å². The molecule has 1 aliphatic carbocycles. The van der Waals surface area contributed by atoms with Crippen LogP contribution in [0.1, 0.15) is 36.3 Å². The van der Waals surface area contributed by atoms with E-state index in [0.29, 0.717) is 34.9 Å². The summed E-state index contributed by atoms with van der Waals surface area (Å²) < 4.78 is 28.1. The second-order valence-corrected chi connectivity index (χ2v) is 10.5. The summed E-state index contributed by atoms with van der Waals surface area (Å²) in [7, 11) is -3.63. The number of aromatic amines is 1. The number of nitrogens with one attached hydrogen (secondary N) is 3. The Labute approximate surface area is 198 Å². The first kappa shape index (κ1) is 23.7. The van der Waals surface area contributed by atoms with Gasteiger partial charge in [-0.1, -0.05) is 25.1 Å². The number of rotatable bonds is 7. The molecule has 2 aromatic heterocycles. The predicted octanol–water partition coefficient (Wildman–Crippen LogP) is 3.89. The Bertz CT molecular complexity index is 1350. The lowest BCUT2D eigenvalue weighted by atomic mass is 9.75. The summed E-state index contributed by atoms with van der Waals surface area (Å²) in [5.41, 5.74) is 3.38. The van der Waals surface area contributed by atoms with E-state index in [1.165, 1.54) is 6.92 Å². The third-order valence-electron chi connectivity index (χ3n) is 5.56. The number of H-pyrrole nitrogens is 1. The number of hydrogen-bond acceptors (Lipinski definition) is 7. The molecule has 0 radical (unpaired) electrons. The summed E-state index contributed by atoms with van der Waals surface area (Å²) in [6.07, 6.45) is 3.15. The van der Waals surface area contributed by atoms with Gasteiger partial charge in [-0.2, -0.15) is 8.42 Å². The van der Waals surface area contributed by atoms with Crippen LogP contribution in [-0.2, 0) is 25.5 Å². The van der Waals surface area contributed by atoms with E-state index in [9.17, 15) is 18.0 Å². The quantitative estimate of drug-likeness (QED) is 0.436. The van der Waals surface area contributed by atoms with E-state index < -0.39 is 15.5 Å². The summed E-state index contributed by atoms with van der Waals surface area (Å²) in [5.74, 6) is 0.0359. The van der Waals surface area contributed by atoms with E-state index in [-0.39, 0.29) is 24.7 Å². The highest BCUT2D eigenvalue weighted by Gasteiger charge is 2.39. The third-order valence-corrected chi connectivity index (χ3v) is 6.11. The average molecular weight is 483 g/mol. The van der Waals surface area contributed by atoms with Crippen LogP contribution in [0.15, 0.2) is 48.7 Å². The molecule has 178 valence electrons. The highest BCUT2D eigenvalue weighted by molar-refractivity contribution is 7.85. The van der Waals surface area contributed by atoms with Crippen molar-refractivity contribution >= 4 is 39.0 Å². The molecule has 0 aliphatic heterocycles. The van der Waals surface area contributed by atoms with Crippen molar-refractivity contribution in [3.05, 3.63) is 59.9 Å². The number of anilines is 3. The Morgan fingerprint density at radius 1 is 1.21 bits per heavy atom. The van der Waals surface area contributed by atoms with Crippen LogP contribution in [0.4, 0.5) is 17.2 Å². The zero-order chi connectivity index (χ0) is 24.5. The third kappa shape index (κ3) is 5.35. The van der Waals surface area contributed by atoms with Gasteiger partial charge in [0, 0.05) is 41.9 Å². The summed E-state index contributed by atoms with van der Waals surface area (Å²) in [5, 5.41) is 6.04. The first-order valence-corrected chi connectivity index (χ1v) is 12.5. The van der Waals surface area contributed by atoms with Gasteiger partial charge in [-0.15, -0.1) is 0 Å². The van der Waals surface area contributed by atoms with Gasteiger partial charge in [-0.3, -0.25) is 13.8 Å². The predicted molar refractivity (Wildman–Crippen MR) is 130 cm³/mol. The molecule has 10 heteroatoms. The number of ketones is 1. The van der Waals surface area contributed by atoms with Crippen molar-refractivity contribution < 1.29 is 22.2 Å². The number of nitrogens with zero attached hydrogens (tertiary/aromatic N) is 1. The molecule has 1 aromatic carbocycles. The molecule has 3 aromatic rings. The summed E-state index contributed by atoms with van der Waals surface area (Å²) in [4.78, 5) is 32.4. The van der Waals surface area contributed by atoms with E-state index in [4.69, 9.17) is 4.18 Å². The normalized spacial score (nSPS) is 17.8. The largest absolute Gasteiger partial charge is 0.356 e. The Morgan fingerprint density at radius 3 is 2.62 bits per heavy atom. The van der Waals surface area contributed by atoms with Crippen LogP contribution in [-0.4, -0.2) is 42.9 Å². The van der Waals surface area contributed by atoms with Gasteiger partial charge in [0.2, 0.25) is 5.91 Å². The maximum atomic E-state index is 13.4. The van der Waals surface area contributed by atoms with Crippen molar-refractivity contribution in [3.8, 4) is 11.3 Å². The van der Waals surface area contributed by atoms with Gasteiger partial charge < -0.3 is 15.6 Å². The van der Waals surface area contributed by atoms with Crippen LogP contribution >= 0.6 is 0 Å². The van der Waals surface area contributed by atoms with Crippen molar-refractivity contribution in [3.63, 3.8) is 0 Å². The molecule has 0 fully saturated rings. The number of aromatic nitrogens is 2. The minimum Gasteiger partial charge on any atom is -0.356 e. The van der Waals surface area contributed by atoms with Gasteiger partial charge in [0.25, 0.3) is 10.1 Å². The Hall–Kier alpha value is -3.50. The maximum Gasteiger partial charge on any atom is 0.264 e. The number of Topliss-reactive ketones (excluding diaryl/α,β-unsaturated/α-hetero) is 1. The average Bonchev–Trinajstić information content (AvgIpc) is 3.10. The highest BCUT2D eigenvalue weighted by Crippen LogP contribution is 2.43. The lowest BCUT2D eigenvalue weighted by Gasteiger charge is -2.32. The minimum atomic E-state index is -3.63. The fourth-order valence-corrected chi connectivity index (χ4v) is 4.65. The fraction of sp³-hybridized carbons (Fsp3) is 0.292. The SMILES string of the molecule is CC(=O)Nc1cc(-c2[nH]c3c(c2Nc2ccccc2)C(=O)CC(C)(COS(C)(=O)=O)C3)ccn1. The molecule has 0 saturated heterocycles. The molecule has 0 bridgehead atoms. The van der Waals surface area contributed by atoms with Crippen LogP contribution in [0.25, 0.3) is 11.3 Å². The van der Waals surface area contributed by atoms with Crippen molar-refractivity contribution in [2.24, 2.45) is 5.41 Å². The number of fused-ring (bicyclic) bond motifs is 1. The molecule has 3 N–H and O–H groups in total. The van der Waals surface area contributed by atoms with Crippen molar-refractivity contribution in [1.82, 2.24) is 9.97 Å². The fourth-order valence-electron chi connectivity index (χ4n) is 4.15. The number of pyridine rings is 1. The van der Waals surface area contributed by atoms with E-state index >= 15 is 0 Å². The van der Waals surface area contributed by atoms with Gasteiger partial charge in [0.1, 0.15) is 5.82 Å². The van der Waals surface area contributed by atoms with E-state index in [1.807, 2.05) is 37.3 Å². The second-order valence-electron chi connectivity index (χ2n) is 8.88. The molecule has 0 saturated carbocycles. The van der Waals surface area contributed by atoms with Gasteiger partial charge in [-0.25, -0.2) is 4.98 Å². The summed E-state index contributed by atoms with van der Waals surface area (Å²) in [6.45, 7) is 3.15. The zero-order valence-electron chi connectivity index (χ0n) is 19.1. The van der Waals surface area contributed by atoms with Gasteiger partial charge in [0.15, 0.2) is 5.78 Å². The van der Waals surface area contributed by atoms with Crippen molar-refractivity contribution in [2.45, 2.75) is 26.7 Å². The first-order chi connectivity index (χ1) is 16.0. The Balaban J connectivity index is 1.79. The number of carbonyl (C=O) groups is 2. The van der Waals surface area contributed by atoms with E-state index in [2.05, 4.69) is 20.6 Å². The van der Waals surface area contributed by atoms with Gasteiger partial charge in [-0.05, 0) is 30.7 Å². The molecular formula is C24H26N4O5S. The lowest BCUT2D eigenvalue weighted by molar-refractivity contribution is -0.114. The maximum absolute atomic E-state index is 13.4.